The molecule has 78 valence electrons. The Morgan fingerprint density at radius 1 is 1.36 bits per heavy atom. The second kappa shape index (κ2) is 4.57. The molecule has 0 amide bonds. The van der Waals surface area contributed by atoms with Crippen LogP contribution in [0.2, 0.25) is 0 Å². The van der Waals surface area contributed by atoms with Gasteiger partial charge in [0, 0.05) is 0 Å². The lowest BCUT2D eigenvalue weighted by molar-refractivity contribution is 0.595. The highest BCUT2D eigenvalue weighted by Gasteiger charge is 2.02. The number of aryl methyl sites for hydroxylation is 2. The van der Waals surface area contributed by atoms with Crippen molar-refractivity contribution in [3.05, 3.63) is 35.4 Å². The minimum atomic E-state index is -3.30. The van der Waals surface area contributed by atoms with Crippen molar-refractivity contribution in [1.82, 2.24) is 0 Å². The molecule has 0 atom stereocenters. The molecule has 0 heterocycles. The Kier molecular flexibility index (Phi) is 3.66. The van der Waals surface area contributed by atoms with Crippen LogP contribution in [0.25, 0.3) is 0 Å². The first-order valence-corrected chi connectivity index (χ1v) is 6.25. The van der Waals surface area contributed by atoms with E-state index in [0.717, 1.165) is 12.0 Å². The molecule has 0 aliphatic rings. The molecule has 0 spiro atoms. The fourth-order valence-electron chi connectivity index (χ4n) is 1.35. The van der Waals surface area contributed by atoms with Crippen LogP contribution in [0.15, 0.2) is 24.3 Å². The van der Waals surface area contributed by atoms with Crippen LogP contribution < -0.4 is 5.14 Å². The summed E-state index contributed by atoms with van der Waals surface area (Å²) in [6.07, 6.45) is 1.35. The van der Waals surface area contributed by atoms with E-state index in [4.69, 9.17) is 5.14 Å². The third-order valence-electron chi connectivity index (χ3n) is 1.98. The zero-order chi connectivity index (χ0) is 10.6. The summed E-state index contributed by atoms with van der Waals surface area (Å²) in [6, 6.07) is 8.05. The Balaban J connectivity index is 2.47. The van der Waals surface area contributed by atoms with E-state index in [1.807, 2.05) is 25.1 Å². The van der Waals surface area contributed by atoms with E-state index in [-0.39, 0.29) is 5.75 Å². The average molecular weight is 213 g/mol. The molecule has 0 unspecified atom stereocenters. The first kappa shape index (κ1) is 11.2. The largest absolute Gasteiger partial charge is 0.229 e. The van der Waals surface area contributed by atoms with E-state index >= 15 is 0 Å². The molecule has 0 aliphatic heterocycles. The zero-order valence-electron chi connectivity index (χ0n) is 8.23. The lowest BCUT2D eigenvalue weighted by atomic mass is 10.1. The van der Waals surface area contributed by atoms with Gasteiger partial charge in [0.15, 0.2) is 0 Å². The van der Waals surface area contributed by atoms with Crippen LogP contribution in [0.1, 0.15) is 17.5 Å². The van der Waals surface area contributed by atoms with Gasteiger partial charge < -0.3 is 0 Å². The van der Waals surface area contributed by atoms with Crippen LogP contribution in [0, 0.1) is 6.92 Å². The molecule has 0 radical (unpaired) electrons. The molecule has 0 saturated heterocycles. The average Bonchev–Trinajstić information content (AvgIpc) is 2.01. The molecule has 3 nitrogen and oxygen atoms in total. The third-order valence-corrected chi connectivity index (χ3v) is 2.83. The summed E-state index contributed by atoms with van der Waals surface area (Å²) in [5.41, 5.74) is 2.35. The first-order chi connectivity index (χ1) is 6.47. The van der Waals surface area contributed by atoms with E-state index in [2.05, 4.69) is 6.07 Å². The van der Waals surface area contributed by atoms with Gasteiger partial charge in [-0.15, -0.1) is 0 Å². The standard InChI is InChI=1S/C10H15NO2S/c1-9-4-2-5-10(8-9)6-3-7-14(11,12)13/h2,4-5,8H,3,6-7H2,1H3,(H2,11,12,13). The molecular formula is C10H15NO2S. The van der Waals surface area contributed by atoms with Crippen molar-refractivity contribution < 1.29 is 8.42 Å². The highest BCUT2D eigenvalue weighted by Crippen LogP contribution is 2.06. The first-order valence-electron chi connectivity index (χ1n) is 4.53. The predicted molar refractivity (Wildman–Crippen MR) is 57.5 cm³/mol. The summed E-state index contributed by atoms with van der Waals surface area (Å²) in [6.45, 7) is 2.02. The number of benzene rings is 1. The van der Waals surface area contributed by atoms with E-state index in [9.17, 15) is 8.42 Å². The Bertz CT molecular complexity index is 398. The summed E-state index contributed by atoms with van der Waals surface area (Å²) >= 11 is 0. The van der Waals surface area contributed by atoms with Crippen LogP contribution in [0.4, 0.5) is 0 Å². The van der Waals surface area contributed by atoms with Gasteiger partial charge >= 0.3 is 0 Å². The second-order valence-electron chi connectivity index (χ2n) is 3.46. The SMILES string of the molecule is Cc1cccc(CCCS(N)(=O)=O)c1. The summed E-state index contributed by atoms with van der Waals surface area (Å²) in [5, 5.41) is 4.90. The summed E-state index contributed by atoms with van der Waals surface area (Å²) in [7, 11) is -3.30. The van der Waals surface area contributed by atoms with E-state index in [1.165, 1.54) is 5.56 Å². The molecule has 1 aromatic carbocycles. The van der Waals surface area contributed by atoms with Crippen molar-refractivity contribution >= 4 is 10.0 Å². The van der Waals surface area contributed by atoms with Gasteiger partial charge in [-0.05, 0) is 25.3 Å². The highest BCUT2D eigenvalue weighted by molar-refractivity contribution is 7.89. The Morgan fingerprint density at radius 2 is 2.07 bits per heavy atom. The van der Waals surface area contributed by atoms with Crippen molar-refractivity contribution in [2.24, 2.45) is 5.14 Å². The fraction of sp³-hybridized carbons (Fsp3) is 0.400. The van der Waals surface area contributed by atoms with Crippen LogP contribution in [0.5, 0.6) is 0 Å². The summed E-state index contributed by atoms with van der Waals surface area (Å²) in [4.78, 5) is 0. The molecular weight excluding hydrogens is 198 g/mol. The lowest BCUT2D eigenvalue weighted by Gasteiger charge is -2.01. The van der Waals surface area contributed by atoms with Crippen molar-refractivity contribution in [3.8, 4) is 0 Å². The maximum atomic E-state index is 10.7. The number of nitrogens with two attached hydrogens (primary N) is 1. The van der Waals surface area contributed by atoms with Gasteiger partial charge in [-0.1, -0.05) is 29.8 Å². The molecule has 1 rings (SSSR count). The van der Waals surface area contributed by atoms with Gasteiger partial charge in [-0.25, -0.2) is 13.6 Å². The van der Waals surface area contributed by atoms with Gasteiger partial charge in [0.1, 0.15) is 0 Å². The highest BCUT2D eigenvalue weighted by atomic mass is 32.2. The monoisotopic (exact) mass is 213 g/mol. The van der Waals surface area contributed by atoms with E-state index < -0.39 is 10.0 Å². The fourth-order valence-corrected chi connectivity index (χ4v) is 1.89. The van der Waals surface area contributed by atoms with E-state index in [1.54, 1.807) is 0 Å². The number of sulfonamides is 1. The normalized spacial score (nSPS) is 11.6. The van der Waals surface area contributed by atoms with Gasteiger partial charge in [0.2, 0.25) is 10.0 Å². The topological polar surface area (TPSA) is 60.2 Å². The molecule has 0 aliphatic carbocycles. The molecule has 2 N–H and O–H groups in total. The number of hydrogen-bond donors (Lipinski definition) is 1. The van der Waals surface area contributed by atoms with Crippen LogP contribution >= 0.6 is 0 Å². The predicted octanol–water partition coefficient (Wildman–Crippen LogP) is 1.22. The van der Waals surface area contributed by atoms with Crippen molar-refractivity contribution in [2.75, 3.05) is 5.75 Å². The van der Waals surface area contributed by atoms with Crippen LogP contribution in [-0.4, -0.2) is 14.2 Å². The Hall–Kier alpha value is -0.870. The molecule has 0 aromatic heterocycles. The summed E-state index contributed by atoms with van der Waals surface area (Å²) < 4.78 is 21.3. The maximum absolute atomic E-state index is 10.7. The van der Waals surface area contributed by atoms with Crippen molar-refractivity contribution in [1.29, 1.82) is 0 Å². The van der Waals surface area contributed by atoms with E-state index in [0.29, 0.717) is 6.42 Å². The van der Waals surface area contributed by atoms with Crippen molar-refractivity contribution in [2.45, 2.75) is 19.8 Å². The number of hydrogen-bond acceptors (Lipinski definition) is 2. The lowest BCUT2D eigenvalue weighted by Crippen LogP contribution is -2.16. The van der Waals surface area contributed by atoms with Crippen LogP contribution in [0.3, 0.4) is 0 Å². The molecule has 4 heteroatoms. The summed E-state index contributed by atoms with van der Waals surface area (Å²) in [5.74, 6) is 0.0565. The Labute approximate surface area is 85.0 Å². The molecule has 0 bridgehead atoms. The maximum Gasteiger partial charge on any atom is 0.209 e. The Morgan fingerprint density at radius 3 is 2.64 bits per heavy atom. The second-order valence-corrected chi connectivity index (χ2v) is 5.19. The van der Waals surface area contributed by atoms with Gasteiger partial charge in [-0.2, -0.15) is 0 Å². The van der Waals surface area contributed by atoms with Gasteiger partial charge in [-0.3, -0.25) is 0 Å². The minimum absolute atomic E-state index is 0.0565. The quantitative estimate of drug-likeness (QED) is 0.817. The zero-order valence-corrected chi connectivity index (χ0v) is 9.05. The molecule has 0 saturated carbocycles. The van der Waals surface area contributed by atoms with Gasteiger partial charge in [0.25, 0.3) is 0 Å². The molecule has 0 fully saturated rings. The molecule has 14 heavy (non-hydrogen) atoms. The smallest absolute Gasteiger partial charge is 0.209 e. The minimum Gasteiger partial charge on any atom is -0.229 e. The number of rotatable bonds is 4. The van der Waals surface area contributed by atoms with Gasteiger partial charge in [0.05, 0.1) is 5.75 Å². The molecule has 1 aromatic rings. The number of primary sulfonamides is 1. The van der Waals surface area contributed by atoms with Crippen LogP contribution in [-0.2, 0) is 16.4 Å². The third kappa shape index (κ3) is 4.39. The van der Waals surface area contributed by atoms with Crippen molar-refractivity contribution in [3.63, 3.8) is 0 Å².